The van der Waals surface area contributed by atoms with E-state index >= 15 is 0 Å². The Bertz CT molecular complexity index is 1370. The second kappa shape index (κ2) is 8.78. The van der Waals surface area contributed by atoms with Crippen molar-refractivity contribution in [3.05, 3.63) is 76.5 Å². The highest BCUT2D eigenvalue weighted by Gasteiger charge is 2.22. The number of likely N-dealkylation sites (N-methyl/N-ethyl adjacent to an activating group) is 1. The average Bonchev–Trinajstić information content (AvgIpc) is 3.16. The zero-order valence-corrected chi connectivity index (χ0v) is 18.6. The molecule has 7 nitrogen and oxygen atoms in total. The lowest BCUT2D eigenvalue weighted by Gasteiger charge is -2.34. The van der Waals surface area contributed by atoms with E-state index in [1.165, 1.54) is 16.8 Å². The highest BCUT2D eigenvalue weighted by Crippen LogP contribution is 2.27. The molecule has 4 aromatic rings. The van der Waals surface area contributed by atoms with Crippen molar-refractivity contribution in [3.8, 4) is 0 Å². The predicted molar refractivity (Wildman–Crippen MR) is 126 cm³/mol. The molecule has 1 aliphatic heterocycles. The van der Waals surface area contributed by atoms with Gasteiger partial charge in [0.05, 0.1) is 6.20 Å². The second-order valence-electron chi connectivity index (χ2n) is 8.41. The molecule has 0 unspecified atom stereocenters. The zero-order chi connectivity index (χ0) is 22.9. The Labute approximate surface area is 190 Å². The smallest absolute Gasteiger partial charge is 0.291 e. The van der Waals surface area contributed by atoms with E-state index in [-0.39, 0.29) is 23.8 Å². The van der Waals surface area contributed by atoms with Crippen molar-refractivity contribution in [3.63, 3.8) is 0 Å². The van der Waals surface area contributed by atoms with Crippen LogP contribution in [-0.2, 0) is 17.9 Å². The molecule has 1 amide bonds. The molecule has 33 heavy (non-hydrogen) atoms. The van der Waals surface area contributed by atoms with Crippen molar-refractivity contribution in [1.82, 2.24) is 24.1 Å². The third kappa shape index (κ3) is 4.02. The molecule has 1 fully saturated rings. The van der Waals surface area contributed by atoms with Gasteiger partial charge in [-0.25, -0.2) is 9.07 Å². The third-order valence-corrected chi connectivity index (χ3v) is 6.48. The first kappa shape index (κ1) is 21.3. The topological polar surface area (TPSA) is 63.4 Å². The summed E-state index contributed by atoms with van der Waals surface area (Å²) in [4.78, 5) is 30.5. The van der Waals surface area contributed by atoms with Crippen LogP contribution >= 0.6 is 0 Å². The minimum atomic E-state index is -0.300. The van der Waals surface area contributed by atoms with Crippen molar-refractivity contribution in [2.24, 2.45) is 0 Å². The zero-order valence-electron chi connectivity index (χ0n) is 18.6. The Morgan fingerprint density at radius 3 is 2.45 bits per heavy atom. The van der Waals surface area contributed by atoms with Gasteiger partial charge in [0.1, 0.15) is 17.9 Å². The van der Waals surface area contributed by atoms with Crippen molar-refractivity contribution >= 4 is 27.7 Å². The van der Waals surface area contributed by atoms with E-state index in [1.54, 1.807) is 23.2 Å². The second-order valence-corrected chi connectivity index (χ2v) is 8.41. The fourth-order valence-corrected chi connectivity index (χ4v) is 4.58. The molecule has 2 aromatic carbocycles. The Morgan fingerprint density at radius 2 is 1.73 bits per heavy atom. The van der Waals surface area contributed by atoms with Gasteiger partial charge in [0.25, 0.3) is 5.56 Å². The number of hydrogen-bond acceptors (Lipinski definition) is 4. The van der Waals surface area contributed by atoms with E-state index in [2.05, 4.69) is 16.9 Å². The number of hydrogen-bond donors (Lipinski definition) is 0. The lowest BCUT2D eigenvalue weighted by Crippen LogP contribution is -2.50. The Morgan fingerprint density at radius 1 is 1.00 bits per heavy atom. The predicted octanol–water partition coefficient (Wildman–Crippen LogP) is 2.70. The highest BCUT2D eigenvalue weighted by molar-refractivity contribution is 6.07. The summed E-state index contributed by atoms with van der Waals surface area (Å²) in [5.74, 6) is -0.397. The molecular weight excluding hydrogens is 421 g/mol. The van der Waals surface area contributed by atoms with Crippen molar-refractivity contribution in [2.75, 3.05) is 32.7 Å². The minimum absolute atomic E-state index is 0.0844. The van der Waals surface area contributed by atoms with Gasteiger partial charge in [-0.1, -0.05) is 37.3 Å². The van der Waals surface area contributed by atoms with Gasteiger partial charge in [-0.2, -0.15) is 5.10 Å². The van der Waals surface area contributed by atoms with Crippen LogP contribution in [-0.4, -0.2) is 62.8 Å². The van der Waals surface area contributed by atoms with Crippen molar-refractivity contribution in [1.29, 1.82) is 0 Å². The Hall–Kier alpha value is -3.52. The van der Waals surface area contributed by atoms with Gasteiger partial charge in [-0.3, -0.25) is 9.59 Å². The van der Waals surface area contributed by atoms with Crippen molar-refractivity contribution < 1.29 is 9.18 Å². The van der Waals surface area contributed by atoms with Crippen LogP contribution in [0.3, 0.4) is 0 Å². The fraction of sp³-hybridized carbons (Fsp3) is 0.320. The van der Waals surface area contributed by atoms with E-state index in [1.807, 2.05) is 28.8 Å². The number of aromatic nitrogens is 3. The molecule has 170 valence electrons. The van der Waals surface area contributed by atoms with E-state index in [9.17, 15) is 14.0 Å². The molecule has 0 saturated carbocycles. The molecule has 0 aliphatic carbocycles. The van der Waals surface area contributed by atoms with E-state index in [0.29, 0.717) is 25.2 Å². The number of para-hydroxylation sites is 1. The first-order valence-corrected chi connectivity index (χ1v) is 11.3. The number of rotatable bonds is 5. The molecule has 0 radical (unpaired) electrons. The summed E-state index contributed by atoms with van der Waals surface area (Å²) in [7, 11) is 0. The van der Waals surface area contributed by atoms with Gasteiger partial charge in [-0.15, -0.1) is 0 Å². The first-order valence-electron chi connectivity index (χ1n) is 11.3. The van der Waals surface area contributed by atoms with Crippen LogP contribution in [0.25, 0.3) is 21.8 Å². The summed E-state index contributed by atoms with van der Waals surface area (Å²) in [6, 6.07) is 14.0. The number of amides is 1. The monoisotopic (exact) mass is 447 g/mol. The lowest BCUT2D eigenvalue weighted by molar-refractivity contribution is -0.133. The Kier molecular flexibility index (Phi) is 5.68. The van der Waals surface area contributed by atoms with Gasteiger partial charge in [0, 0.05) is 49.0 Å². The van der Waals surface area contributed by atoms with Gasteiger partial charge < -0.3 is 14.4 Å². The van der Waals surface area contributed by atoms with Gasteiger partial charge >= 0.3 is 0 Å². The first-order chi connectivity index (χ1) is 16.0. The Balaban J connectivity index is 1.52. The number of halogens is 1. The molecule has 3 heterocycles. The van der Waals surface area contributed by atoms with Gasteiger partial charge in [-0.05, 0) is 30.3 Å². The standard InChI is InChI=1S/C25H26FN5O2/c1-2-28-11-13-29(14-12-28)23(32)17-31-25(33)24-21(15-27-31)20-5-3-4-6-22(20)30(24)16-18-7-9-19(26)10-8-18/h3-10,15H,2,11-14,16-17H2,1H3. The minimum Gasteiger partial charge on any atom is -0.339 e. The van der Waals surface area contributed by atoms with Crippen LogP contribution in [0.4, 0.5) is 4.39 Å². The molecule has 8 heteroatoms. The summed E-state index contributed by atoms with van der Waals surface area (Å²) in [5, 5.41) is 6.01. The molecular formula is C25H26FN5O2. The van der Waals surface area contributed by atoms with E-state index < -0.39 is 0 Å². The van der Waals surface area contributed by atoms with Crippen LogP contribution < -0.4 is 5.56 Å². The SMILES string of the molecule is CCN1CCN(C(=O)Cn2ncc3c4ccccc4n(Cc4ccc(F)cc4)c3c2=O)CC1. The van der Waals surface area contributed by atoms with Crippen LogP contribution in [0.2, 0.25) is 0 Å². The maximum Gasteiger partial charge on any atom is 0.291 e. The lowest BCUT2D eigenvalue weighted by atomic mass is 10.2. The normalized spacial score (nSPS) is 14.9. The van der Waals surface area contributed by atoms with Crippen LogP contribution in [0.15, 0.2) is 59.5 Å². The summed E-state index contributed by atoms with van der Waals surface area (Å²) < 4.78 is 16.6. The quantitative estimate of drug-likeness (QED) is 0.472. The molecule has 0 bridgehead atoms. The number of carbonyl (C=O) groups is 1. The highest BCUT2D eigenvalue weighted by atomic mass is 19.1. The van der Waals surface area contributed by atoms with Crippen LogP contribution in [0, 0.1) is 5.82 Å². The van der Waals surface area contributed by atoms with Gasteiger partial charge in [0.2, 0.25) is 5.91 Å². The fourth-order valence-electron chi connectivity index (χ4n) is 4.58. The summed E-state index contributed by atoms with van der Waals surface area (Å²) >= 11 is 0. The number of nitrogens with zero attached hydrogens (tertiary/aromatic N) is 5. The van der Waals surface area contributed by atoms with Crippen LogP contribution in [0.1, 0.15) is 12.5 Å². The molecule has 0 N–H and O–H groups in total. The molecule has 5 rings (SSSR count). The maximum absolute atomic E-state index is 13.5. The summed E-state index contributed by atoms with van der Waals surface area (Å²) in [5.41, 5.74) is 1.98. The number of carbonyl (C=O) groups excluding carboxylic acids is 1. The van der Waals surface area contributed by atoms with Crippen molar-refractivity contribution in [2.45, 2.75) is 20.0 Å². The number of benzene rings is 2. The van der Waals surface area contributed by atoms with Gasteiger partial charge in [0.15, 0.2) is 0 Å². The molecule has 0 spiro atoms. The summed E-state index contributed by atoms with van der Waals surface area (Å²) in [6.45, 7) is 6.42. The largest absolute Gasteiger partial charge is 0.339 e. The summed E-state index contributed by atoms with van der Waals surface area (Å²) in [6.07, 6.45) is 1.67. The molecule has 2 aromatic heterocycles. The molecule has 1 saturated heterocycles. The van der Waals surface area contributed by atoms with E-state index in [4.69, 9.17) is 0 Å². The molecule has 1 aliphatic rings. The number of fused-ring (bicyclic) bond motifs is 3. The number of piperazine rings is 1. The van der Waals surface area contributed by atoms with Crippen LogP contribution in [0.5, 0.6) is 0 Å². The maximum atomic E-state index is 13.5. The molecule has 0 atom stereocenters. The third-order valence-electron chi connectivity index (χ3n) is 6.48. The average molecular weight is 448 g/mol. The van der Waals surface area contributed by atoms with E-state index in [0.717, 1.165) is 41.5 Å².